The molecular formula is C12H14Br2FNO2. The van der Waals surface area contributed by atoms with Gasteiger partial charge in [-0.25, -0.2) is 4.39 Å². The smallest absolute Gasteiger partial charge is 0.254 e. The van der Waals surface area contributed by atoms with Gasteiger partial charge in [-0.2, -0.15) is 0 Å². The summed E-state index contributed by atoms with van der Waals surface area (Å²) in [7, 11) is 3.30. The Morgan fingerprint density at radius 2 is 2.22 bits per heavy atom. The number of hydrogen-bond donors (Lipinski definition) is 0. The molecule has 0 saturated heterocycles. The number of halogens is 3. The van der Waals surface area contributed by atoms with Crippen LogP contribution in [-0.2, 0) is 4.74 Å². The number of carbonyl (C=O) groups is 1. The number of amides is 1. The van der Waals surface area contributed by atoms with Crippen LogP contribution in [0.1, 0.15) is 10.4 Å². The van der Waals surface area contributed by atoms with Gasteiger partial charge in [0.2, 0.25) is 0 Å². The first-order valence-electron chi connectivity index (χ1n) is 5.29. The molecule has 0 aliphatic heterocycles. The van der Waals surface area contributed by atoms with Gasteiger partial charge in [0, 0.05) is 25.2 Å². The van der Waals surface area contributed by atoms with Crippen LogP contribution in [0, 0.1) is 5.82 Å². The van der Waals surface area contributed by atoms with Crippen molar-refractivity contribution in [1.82, 2.24) is 4.90 Å². The van der Waals surface area contributed by atoms with E-state index < -0.39 is 0 Å². The van der Waals surface area contributed by atoms with Crippen molar-refractivity contribution in [3.05, 3.63) is 34.1 Å². The van der Waals surface area contributed by atoms with Gasteiger partial charge in [-0.15, -0.1) is 0 Å². The highest BCUT2D eigenvalue weighted by molar-refractivity contribution is 9.10. The minimum Gasteiger partial charge on any atom is -0.383 e. The number of benzene rings is 1. The number of carbonyl (C=O) groups excluding carboxylic acids is 1. The Hall–Kier alpha value is -0.460. The van der Waals surface area contributed by atoms with Gasteiger partial charge in [0.1, 0.15) is 5.82 Å². The first kappa shape index (κ1) is 15.6. The van der Waals surface area contributed by atoms with E-state index in [4.69, 9.17) is 4.74 Å². The minimum absolute atomic E-state index is 0.0654. The lowest BCUT2D eigenvalue weighted by molar-refractivity contribution is 0.0783. The molecule has 6 heteroatoms. The van der Waals surface area contributed by atoms with Crippen molar-refractivity contribution in [2.75, 3.05) is 27.3 Å². The van der Waals surface area contributed by atoms with E-state index in [9.17, 15) is 9.18 Å². The molecule has 18 heavy (non-hydrogen) atoms. The van der Waals surface area contributed by atoms with E-state index >= 15 is 0 Å². The fourth-order valence-corrected chi connectivity index (χ4v) is 2.70. The van der Waals surface area contributed by atoms with Crippen molar-refractivity contribution in [3.8, 4) is 0 Å². The van der Waals surface area contributed by atoms with E-state index in [0.29, 0.717) is 23.2 Å². The summed E-state index contributed by atoms with van der Waals surface area (Å²) in [6, 6.07) is 4.02. The molecule has 0 aromatic heterocycles. The van der Waals surface area contributed by atoms with Crippen molar-refractivity contribution in [3.63, 3.8) is 0 Å². The van der Waals surface area contributed by atoms with Crippen molar-refractivity contribution < 1.29 is 13.9 Å². The molecule has 0 radical (unpaired) electrons. The molecule has 0 heterocycles. The minimum atomic E-state index is -0.376. The second-order valence-corrected chi connectivity index (χ2v) is 6.01. The average Bonchev–Trinajstić information content (AvgIpc) is 2.28. The van der Waals surface area contributed by atoms with Gasteiger partial charge in [0.05, 0.1) is 17.0 Å². The van der Waals surface area contributed by atoms with E-state index in [0.717, 1.165) is 0 Å². The highest BCUT2D eigenvalue weighted by Gasteiger charge is 2.17. The Bertz CT molecular complexity index is 429. The lowest BCUT2D eigenvalue weighted by Gasteiger charge is -2.20. The standard InChI is InChI=1S/C12H14Br2FNO2/c1-16(6-8(13)7-18-2)12(17)10-4-3-9(15)5-11(10)14/h3-5,8H,6-7H2,1-2H3. The number of hydrogen-bond acceptors (Lipinski definition) is 2. The van der Waals surface area contributed by atoms with Crippen molar-refractivity contribution in [1.29, 1.82) is 0 Å². The van der Waals surface area contributed by atoms with Crippen LogP contribution >= 0.6 is 31.9 Å². The van der Waals surface area contributed by atoms with Crippen molar-refractivity contribution in [2.45, 2.75) is 4.83 Å². The van der Waals surface area contributed by atoms with Gasteiger partial charge in [-0.3, -0.25) is 4.79 Å². The lowest BCUT2D eigenvalue weighted by atomic mass is 10.2. The molecule has 0 aliphatic carbocycles. The van der Waals surface area contributed by atoms with E-state index in [-0.39, 0.29) is 16.6 Å². The van der Waals surface area contributed by atoms with E-state index in [1.807, 2.05) is 0 Å². The van der Waals surface area contributed by atoms with E-state index in [1.54, 1.807) is 19.1 Å². The predicted molar refractivity (Wildman–Crippen MR) is 75.7 cm³/mol. The van der Waals surface area contributed by atoms with Crippen LogP contribution in [0.5, 0.6) is 0 Å². The summed E-state index contributed by atoms with van der Waals surface area (Å²) in [5.41, 5.74) is 0.441. The summed E-state index contributed by atoms with van der Waals surface area (Å²) in [5, 5.41) is 0. The van der Waals surface area contributed by atoms with Crippen LogP contribution in [0.15, 0.2) is 22.7 Å². The second-order valence-electron chi connectivity index (χ2n) is 3.86. The van der Waals surface area contributed by atoms with Crippen LogP contribution in [0.3, 0.4) is 0 Å². The number of ether oxygens (including phenoxy) is 1. The van der Waals surface area contributed by atoms with Gasteiger partial charge in [0.25, 0.3) is 5.91 Å². The molecule has 0 aliphatic rings. The maximum absolute atomic E-state index is 12.9. The summed E-state index contributed by atoms with van der Waals surface area (Å²) < 4.78 is 18.4. The monoisotopic (exact) mass is 381 g/mol. The molecule has 1 atom stereocenters. The Morgan fingerprint density at radius 3 is 2.78 bits per heavy atom. The van der Waals surface area contributed by atoms with Crippen LogP contribution in [0.4, 0.5) is 4.39 Å². The highest BCUT2D eigenvalue weighted by atomic mass is 79.9. The topological polar surface area (TPSA) is 29.5 Å². The molecule has 3 nitrogen and oxygen atoms in total. The van der Waals surface area contributed by atoms with Gasteiger partial charge in [0.15, 0.2) is 0 Å². The summed E-state index contributed by atoms with van der Waals surface area (Å²) >= 11 is 6.61. The highest BCUT2D eigenvalue weighted by Crippen LogP contribution is 2.19. The maximum atomic E-state index is 12.9. The normalized spacial score (nSPS) is 12.3. The van der Waals surface area contributed by atoms with Crippen molar-refractivity contribution in [2.24, 2.45) is 0 Å². The maximum Gasteiger partial charge on any atom is 0.254 e. The molecular weight excluding hydrogens is 369 g/mol. The molecule has 0 fully saturated rings. The Labute approximate surface area is 123 Å². The molecule has 0 N–H and O–H groups in total. The third kappa shape index (κ3) is 4.33. The summed E-state index contributed by atoms with van der Waals surface area (Å²) in [6.07, 6.45) is 0. The number of methoxy groups -OCH3 is 1. The summed E-state index contributed by atoms with van der Waals surface area (Å²) in [6.45, 7) is 1.03. The van der Waals surface area contributed by atoms with Crippen LogP contribution < -0.4 is 0 Å². The third-order valence-electron chi connectivity index (χ3n) is 2.33. The molecule has 0 spiro atoms. The predicted octanol–water partition coefficient (Wildman–Crippen LogP) is 3.07. The number of rotatable bonds is 5. The van der Waals surface area contributed by atoms with Gasteiger partial charge in [-0.1, -0.05) is 15.9 Å². The SMILES string of the molecule is COCC(Br)CN(C)C(=O)c1ccc(F)cc1Br. The third-order valence-corrected chi connectivity index (χ3v) is 3.54. The molecule has 100 valence electrons. The van der Waals surface area contributed by atoms with Gasteiger partial charge < -0.3 is 9.64 Å². The van der Waals surface area contributed by atoms with Crippen molar-refractivity contribution >= 4 is 37.8 Å². The molecule has 1 amide bonds. The van der Waals surface area contributed by atoms with Gasteiger partial charge in [-0.05, 0) is 34.1 Å². The van der Waals surface area contributed by atoms with E-state index in [2.05, 4.69) is 31.9 Å². The van der Waals surface area contributed by atoms with Crippen LogP contribution in [0.25, 0.3) is 0 Å². The van der Waals surface area contributed by atoms with Crippen LogP contribution in [-0.4, -0.2) is 42.9 Å². The Morgan fingerprint density at radius 1 is 1.56 bits per heavy atom. The first-order valence-corrected chi connectivity index (χ1v) is 7.00. The summed E-state index contributed by atoms with van der Waals surface area (Å²) in [4.78, 5) is 13.8. The molecule has 0 bridgehead atoms. The average molecular weight is 383 g/mol. The molecule has 1 aromatic carbocycles. The largest absolute Gasteiger partial charge is 0.383 e. The first-order chi connectivity index (χ1) is 8.45. The fourth-order valence-electron chi connectivity index (χ4n) is 1.48. The Kier molecular flexibility index (Phi) is 6.25. The Balaban J connectivity index is 2.74. The second kappa shape index (κ2) is 7.21. The van der Waals surface area contributed by atoms with Crippen LogP contribution in [0.2, 0.25) is 0 Å². The number of nitrogens with zero attached hydrogens (tertiary/aromatic N) is 1. The fraction of sp³-hybridized carbons (Fsp3) is 0.417. The molecule has 0 saturated carbocycles. The zero-order chi connectivity index (χ0) is 13.7. The zero-order valence-corrected chi connectivity index (χ0v) is 13.3. The molecule has 1 rings (SSSR count). The number of alkyl halides is 1. The van der Waals surface area contributed by atoms with E-state index in [1.165, 1.54) is 18.2 Å². The summed E-state index contributed by atoms with van der Waals surface area (Å²) in [5.74, 6) is -0.541. The van der Waals surface area contributed by atoms with Gasteiger partial charge >= 0.3 is 0 Å². The molecule has 1 aromatic rings. The quantitative estimate of drug-likeness (QED) is 0.732. The molecule has 1 unspecified atom stereocenters. The lowest BCUT2D eigenvalue weighted by Crippen LogP contribution is -2.33. The zero-order valence-electron chi connectivity index (χ0n) is 10.1.